The molecule has 0 saturated heterocycles. The highest BCUT2D eigenvalue weighted by Crippen LogP contribution is 2.31. The molecule has 0 unspecified atom stereocenters. The van der Waals surface area contributed by atoms with E-state index in [2.05, 4.69) is 109 Å². The first-order valence-corrected chi connectivity index (χ1v) is 8.87. The summed E-state index contributed by atoms with van der Waals surface area (Å²) in [5.74, 6) is 0. The van der Waals surface area contributed by atoms with Gasteiger partial charge in [-0.25, -0.2) is 0 Å². The molecule has 26 heavy (non-hydrogen) atoms. The van der Waals surface area contributed by atoms with Crippen LogP contribution in [0.3, 0.4) is 0 Å². The summed E-state index contributed by atoms with van der Waals surface area (Å²) in [7, 11) is 8.01. The minimum Gasteiger partial charge on any atom is -0.378 e. The second-order valence-electron chi connectivity index (χ2n) is 6.50. The molecule has 132 valence electrons. The number of hydrogen-bond acceptors (Lipinski definition) is 2. The third kappa shape index (κ3) is 3.84. The van der Waals surface area contributed by atoms with Crippen LogP contribution in [0.4, 0.5) is 11.4 Å². The van der Waals surface area contributed by atoms with Crippen molar-refractivity contribution in [1.82, 2.24) is 0 Å². The number of quaternary nitrogens is 1. The van der Waals surface area contributed by atoms with Crippen LogP contribution in [-0.4, -0.2) is 33.9 Å². The van der Waals surface area contributed by atoms with Gasteiger partial charge in [-0.15, -0.1) is 0 Å². The number of hydrogen-bond donors (Lipinski definition) is 1. The summed E-state index contributed by atoms with van der Waals surface area (Å²) in [4.78, 5) is 6.37. The molecular formula is C23H26N3+. The number of aliphatic imine (C=N–C) groups is 1. The highest BCUT2D eigenvalue weighted by Gasteiger charge is 2.12. The van der Waals surface area contributed by atoms with Crippen molar-refractivity contribution >= 4 is 22.7 Å². The van der Waals surface area contributed by atoms with Crippen LogP contribution < -0.4 is 10.2 Å². The van der Waals surface area contributed by atoms with Crippen LogP contribution in [0.2, 0.25) is 0 Å². The van der Waals surface area contributed by atoms with E-state index in [0.29, 0.717) is 0 Å². The van der Waals surface area contributed by atoms with Crippen molar-refractivity contribution < 1.29 is 5.32 Å². The van der Waals surface area contributed by atoms with Crippen molar-refractivity contribution in [3.05, 3.63) is 89.5 Å². The van der Waals surface area contributed by atoms with Crippen molar-refractivity contribution in [3.8, 4) is 0 Å². The van der Waals surface area contributed by atoms with E-state index in [0.717, 1.165) is 5.71 Å². The van der Waals surface area contributed by atoms with Crippen LogP contribution in [0.15, 0.2) is 83.4 Å². The first-order valence-electron chi connectivity index (χ1n) is 8.87. The van der Waals surface area contributed by atoms with Crippen LogP contribution in [0, 0.1) is 0 Å². The first kappa shape index (κ1) is 17.9. The molecule has 0 amide bonds. The molecule has 3 rings (SSSR count). The molecule has 1 aliphatic carbocycles. The molecule has 1 aliphatic rings. The highest BCUT2D eigenvalue weighted by atomic mass is 15.1. The molecule has 2 aromatic carbocycles. The second-order valence-corrected chi connectivity index (χ2v) is 6.50. The Labute approximate surface area is 156 Å². The van der Waals surface area contributed by atoms with Crippen molar-refractivity contribution in [2.75, 3.05) is 33.1 Å². The quantitative estimate of drug-likeness (QED) is 0.845. The standard InChI is InChI=1S/C23H25N3/c1-24-20-11-5-17(6-12-20)23(18-7-13-21(25-2)14-8-18)19-9-15-22(16-10-19)26(3)4/h5-16,24H,1-4H3/p+1. The molecule has 0 radical (unpaired) electrons. The lowest BCUT2D eigenvalue weighted by atomic mass is 9.90. The summed E-state index contributed by atoms with van der Waals surface area (Å²) in [6.07, 6.45) is 8.43. The summed E-state index contributed by atoms with van der Waals surface area (Å²) >= 11 is 0. The Balaban J connectivity index is 2.11. The molecule has 3 heteroatoms. The molecule has 2 N–H and O–H groups in total. The predicted octanol–water partition coefficient (Wildman–Crippen LogP) is 3.58. The van der Waals surface area contributed by atoms with E-state index in [1.807, 2.05) is 7.05 Å². The predicted molar refractivity (Wildman–Crippen MR) is 112 cm³/mol. The Bertz CT molecular complexity index is 862. The number of benzene rings is 2. The van der Waals surface area contributed by atoms with Gasteiger partial charge in [0.05, 0.1) is 12.8 Å². The van der Waals surface area contributed by atoms with Gasteiger partial charge >= 0.3 is 0 Å². The fourth-order valence-electron chi connectivity index (χ4n) is 3.05. The first-order chi connectivity index (χ1) is 12.6. The molecular weight excluding hydrogens is 318 g/mol. The zero-order valence-corrected chi connectivity index (χ0v) is 15.9. The minimum absolute atomic E-state index is 0.993. The summed E-state index contributed by atoms with van der Waals surface area (Å²) < 4.78 is 0. The summed E-state index contributed by atoms with van der Waals surface area (Å²) in [6, 6.07) is 17.5. The van der Waals surface area contributed by atoms with E-state index in [4.69, 9.17) is 0 Å². The maximum Gasteiger partial charge on any atom is 0.129 e. The zero-order chi connectivity index (χ0) is 18.5. The molecule has 0 spiro atoms. The van der Waals surface area contributed by atoms with Gasteiger partial charge in [0.1, 0.15) is 5.69 Å². The van der Waals surface area contributed by atoms with E-state index in [1.165, 1.54) is 33.6 Å². The lowest BCUT2D eigenvalue weighted by molar-refractivity contribution is -0.539. The normalized spacial score (nSPS) is 13.1. The van der Waals surface area contributed by atoms with Crippen LogP contribution in [-0.2, 0) is 0 Å². The minimum atomic E-state index is 0.993. The summed E-state index contributed by atoms with van der Waals surface area (Å²) in [6.45, 7) is 0. The van der Waals surface area contributed by atoms with Gasteiger partial charge in [0.2, 0.25) is 0 Å². The van der Waals surface area contributed by atoms with E-state index < -0.39 is 0 Å². The third-order valence-electron chi connectivity index (χ3n) is 4.62. The Kier molecular flexibility index (Phi) is 5.49. The highest BCUT2D eigenvalue weighted by molar-refractivity contribution is 6.07. The molecule has 0 aromatic heterocycles. The maximum absolute atomic E-state index is 4.25. The summed E-state index contributed by atoms with van der Waals surface area (Å²) in [5, 5.41) is 2.12. The molecule has 0 heterocycles. The van der Waals surface area contributed by atoms with Gasteiger partial charge in [0.25, 0.3) is 0 Å². The average molecular weight is 344 g/mol. The third-order valence-corrected chi connectivity index (χ3v) is 4.62. The van der Waals surface area contributed by atoms with Crippen molar-refractivity contribution in [3.63, 3.8) is 0 Å². The van der Waals surface area contributed by atoms with Crippen LogP contribution in [0.5, 0.6) is 0 Å². The SMILES string of the molecule is CN=C1C=CC(=C(c2ccc([NH2+]C)cc2)c2ccc(N(C)C)cc2)C=C1. The van der Waals surface area contributed by atoms with Gasteiger partial charge in [-0.3, -0.25) is 4.99 Å². The summed E-state index contributed by atoms with van der Waals surface area (Å²) in [5.41, 5.74) is 8.29. The van der Waals surface area contributed by atoms with Crippen LogP contribution in [0.1, 0.15) is 11.1 Å². The van der Waals surface area contributed by atoms with Crippen molar-refractivity contribution in [2.24, 2.45) is 4.99 Å². The Morgan fingerprint density at radius 3 is 1.81 bits per heavy atom. The van der Waals surface area contributed by atoms with E-state index >= 15 is 0 Å². The number of allylic oxidation sites excluding steroid dienone is 5. The number of nitrogens with zero attached hydrogens (tertiary/aromatic N) is 2. The molecule has 2 aromatic rings. The lowest BCUT2D eigenvalue weighted by Crippen LogP contribution is -2.72. The van der Waals surface area contributed by atoms with E-state index in [-0.39, 0.29) is 0 Å². The average Bonchev–Trinajstić information content (AvgIpc) is 2.69. The fourth-order valence-corrected chi connectivity index (χ4v) is 3.05. The Morgan fingerprint density at radius 1 is 0.808 bits per heavy atom. The lowest BCUT2D eigenvalue weighted by Gasteiger charge is -2.16. The van der Waals surface area contributed by atoms with Gasteiger partial charge in [-0.05, 0) is 70.8 Å². The van der Waals surface area contributed by atoms with E-state index in [1.54, 1.807) is 0 Å². The molecule has 0 bridgehead atoms. The maximum atomic E-state index is 4.25. The number of nitrogens with two attached hydrogens (primary N) is 1. The van der Waals surface area contributed by atoms with Crippen molar-refractivity contribution in [2.45, 2.75) is 0 Å². The van der Waals surface area contributed by atoms with Gasteiger partial charge in [-0.2, -0.15) is 0 Å². The van der Waals surface area contributed by atoms with Crippen LogP contribution in [0.25, 0.3) is 5.57 Å². The Morgan fingerprint density at radius 2 is 1.35 bits per heavy atom. The van der Waals surface area contributed by atoms with Crippen LogP contribution >= 0.6 is 0 Å². The molecule has 0 fully saturated rings. The zero-order valence-electron chi connectivity index (χ0n) is 15.9. The smallest absolute Gasteiger partial charge is 0.129 e. The topological polar surface area (TPSA) is 32.2 Å². The Hall–Kier alpha value is -2.91. The number of anilines is 1. The molecule has 0 saturated carbocycles. The second kappa shape index (κ2) is 7.98. The largest absolute Gasteiger partial charge is 0.378 e. The molecule has 0 aliphatic heterocycles. The monoisotopic (exact) mass is 344 g/mol. The fraction of sp³-hybridized carbons (Fsp3) is 0.174. The molecule has 3 nitrogen and oxygen atoms in total. The van der Waals surface area contributed by atoms with Gasteiger partial charge in [-0.1, -0.05) is 24.3 Å². The van der Waals surface area contributed by atoms with Crippen molar-refractivity contribution in [1.29, 1.82) is 0 Å². The van der Waals surface area contributed by atoms with E-state index in [9.17, 15) is 0 Å². The van der Waals surface area contributed by atoms with Gasteiger partial charge in [0.15, 0.2) is 0 Å². The van der Waals surface area contributed by atoms with Gasteiger partial charge in [0, 0.05) is 26.8 Å². The van der Waals surface area contributed by atoms with Gasteiger partial charge < -0.3 is 10.2 Å². The number of rotatable bonds is 4. The molecule has 0 atom stereocenters.